The van der Waals surface area contributed by atoms with Crippen molar-refractivity contribution in [3.05, 3.63) is 53.1 Å². The summed E-state index contributed by atoms with van der Waals surface area (Å²) in [6, 6.07) is 12.1. The number of halogens is 1. The van der Waals surface area contributed by atoms with E-state index in [9.17, 15) is 9.59 Å². The first-order chi connectivity index (χ1) is 12.8. The Bertz CT molecular complexity index is 809. The average Bonchev–Trinajstić information content (AvgIpc) is 2.63. The first-order valence-corrected chi connectivity index (χ1v) is 9.01. The lowest BCUT2D eigenvalue weighted by Crippen LogP contribution is -3.14. The predicted molar refractivity (Wildman–Crippen MR) is 108 cm³/mol. The predicted octanol–water partition coefficient (Wildman–Crippen LogP) is 2.14. The number of anilines is 2. The molecule has 144 valence electrons. The summed E-state index contributed by atoms with van der Waals surface area (Å²) in [6.45, 7) is 3.91. The van der Waals surface area contributed by atoms with Gasteiger partial charge in [-0.3, -0.25) is 9.59 Å². The number of ether oxygens (including phenoxy) is 1. The zero-order valence-electron chi connectivity index (χ0n) is 15.9. The van der Waals surface area contributed by atoms with Crippen LogP contribution in [0, 0.1) is 6.92 Å². The SMILES string of the molecule is COc1ccc(Cl)cc1NC(=O)[C@H](C)[NH+](C)CC(=O)Nc1ccc(C)cc1. The summed E-state index contributed by atoms with van der Waals surface area (Å²) in [7, 11) is 3.32. The van der Waals surface area contributed by atoms with Crippen molar-refractivity contribution < 1.29 is 19.2 Å². The van der Waals surface area contributed by atoms with Gasteiger partial charge in [0, 0.05) is 10.7 Å². The van der Waals surface area contributed by atoms with Gasteiger partial charge >= 0.3 is 0 Å². The Morgan fingerprint density at radius 3 is 2.44 bits per heavy atom. The van der Waals surface area contributed by atoms with Gasteiger partial charge in [0.1, 0.15) is 5.75 Å². The molecule has 2 aromatic carbocycles. The molecule has 3 N–H and O–H groups in total. The number of quaternary nitrogens is 1. The number of rotatable bonds is 7. The lowest BCUT2D eigenvalue weighted by molar-refractivity contribution is -0.885. The number of carbonyl (C=O) groups is 2. The third-order valence-corrected chi connectivity index (χ3v) is 4.56. The maximum Gasteiger partial charge on any atom is 0.282 e. The highest BCUT2D eigenvalue weighted by atomic mass is 35.5. The normalized spacial score (nSPS) is 12.8. The van der Waals surface area contributed by atoms with Gasteiger partial charge < -0.3 is 20.3 Å². The monoisotopic (exact) mass is 390 g/mol. The van der Waals surface area contributed by atoms with Crippen LogP contribution in [0.2, 0.25) is 5.02 Å². The van der Waals surface area contributed by atoms with Crippen molar-refractivity contribution in [2.24, 2.45) is 0 Å². The van der Waals surface area contributed by atoms with Crippen LogP contribution in [0.4, 0.5) is 11.4 Å². The van der Waals surface area contributed by atoms with Crippen LogP contribution < -0.4 is 20.3 Å². The zero-order chi connectivity index (χ0) is 20.0. The minimum absolute atomic E-state index is 0.156. The van der Waals surface area contributed by atoms with Crippen LogP contribution in [0.5, 0.6) is 5.75 Å². The Labute approximate surface area is 164 Å². The van der Waals surface area contributed by atoms with E-state index in [0.29, 0.717) is 16.5 Å². The molecule has 0 heterocycles. The molecule has 0 aliphatic heterocycles. The van der Waals surface area contributed by atoms with E-state index in [1.54, 1.807) is 32.2 Å². The number of methoxy groups -OCH3 is 1. The molecule has 1 unspecified atom stereocenters. The van der Waals surface area contributed by atoms with Gasteiger partial charge in [0.25, 0.3) is 11.8 Å². The largest absolute Gasteiger partial charge is 0.495 e. The summed E-state index contributed by atoms with van der Waals surface area (Å²) in [5.74, 6) is 0.141. The fourth-order valence-electron chi connectivity index (χ4n) is 2.49. The number of hydrogen-bond donors (Lipinski definition) is 3. The molecule has 6 nitrogen and oxygen atoms in total. The van der Waals surface area contributed by atoms with Crippen molar-refractivity contribution in [3.8, 4) is 5.75 Å². The van der Waals surface area contributed by atoms with E-state index >= 15 is 0 Å². The third-order valence-electron chi connectivity index (χ3n) is 4.33. The Morgan fingerprint density at radius 1 is 1.15 bits per heavy atom. The third kappa shape index (κ3) is 5.98. The lowest BCUT2D eigenvalue weighted by Gasteiger charge is -2.21. The number of benzene rings is 2. The van der Waals surface area contributed by atoms with Crippen molar-refractivity contribution >= 4 is 34.8 Å². The number of amides is 2. The molecular formula is C20H25ClN3O3+. The minimum Gasteiger partial charge on any atom is -0.495 e. The number of carbonyl (C=O) groups excluding carboxylic acids is 2. The van der Waals surface area contributed by atoms with Gasteiger partial charge in [-0.05, 0) is 44.2 Å². The number of hydrogen-bond acceptors (Lipinski definition) is 3. The van der Waals surface area contributed by atoms with E-state index in [4.69, 9.17) is 16.3 Å². The first-order valence-electron chi connectivity index (χ1n) is 8.63. The van der Waals surface area contributed by atoms with Crippen molar-refractivity contribution in [2.75, 3.05) is 31.3 Å². The molecule has 0 aromatic heterocycles. The molecule has 0 bridgehead atoms. The summed E-state index contributed by atoms with van der Waals surface area (Å²) >= 11 is 5.99. The Hall–Kier alpha value is -2.57. The van der Waals surface area contributed by atoms with Gasteiger partial charge in [0.15, 0.2) is 12.6 Å². The van der Waals surface area contributed by atoms with Crippen molar-refractivity contribution in [1.29, 1.82) is 0 Å². The quantitative estimate of drug-likeness (QED) is 0.678. The molecule has 2 amide bonds. The van der Waals surface area contributed by atoms with Crippen LogP contribution in [0.25, 0.3) is 0 Å². The second-order valence-electron chi connectivity index (χ2n) is 6.49. The molecule has 7 heteroatoms. The second kappa shape index (κ2) is 9.39. The Balaban J connectivity index is 1.94. The van der Waals surface area contributed by atoms with E-state index in [0.717, 1.165) is 16.2 Å². The van der Waals surface area contributed by atoms with Gasteiger partial charge in [-0.25, -0.2) is 0 Å². The van der Waals surface area contributed by atoms with Crippen LogP contribution >= 0.6 is 11.6 Å². The van der Waals surface area contributed by atoms with E-state index < -0.39 is 6.04 Å². The van der Waals surface area contributed by atoms with Gasteiger partial charge in [-0.1, -0.05) is 29.3 Å². The summed E-state index contributed by atoms with van der Waals surface area (Å²) in [5, 5.41) is 6.15. The molecule has 2 atom stereocenters. The smallest absolute Gasteiger partial charge is 0.282 e. The Morgan fingerprint density at radius 2 is 1.81 bits per heavy atom. The number of nitrogens with one attached hydrogen (secondary N) is 3. The van der Waals surface area contributed by atoms with Crippen LogP contribution in [-0.4, -0.2) is 38.6 Å². The van der Waals surface area contributed by atoms with Crippen LogP contribution in [0.15, 0.2) is 42.5 Å². The fourth-order valence-corrected chi connectivity index (χ4v) is 2.66. The summed E-state index contributed by atoms with van der Waals surface area (Å²) in [5.41, 5.74) is 2.36. The molecule has 0 saturated heterocycles. The van der Waals surface area contributed by atoms with Gasteiger partial charge in [-0.15, -0.1) is 0 Å². The average molecular weight is 391 g/mol. The standard InChI is InChI=1S/C20H24ClN3O3/c1-13-5-8-16(9-6-13)22-19(25)12-24(3)14(2)20(26)23-17-11-15(21)7-10-18(17)27-4/h5-11,14H,12H2,1-4H3,(H,22,25)(H,23,26)/p+1/t14-/m0/s1. The van der Waals surface area contributed by atoms with Crippen molar-refractivity contribution in [3.63, 3.8) is 0 Å². The van der Waals surface area contributed by atoms with Crippen LogP contribution in [-0.2, 0) is 9.59 Å². The second-order valence-corrected chi connectivity index (χ2v) is 6.93. The first kappa shape index (κ1) is 20.7. The maximum atomic E-state index is 12.5. The molecule has 27 heavy (non-hydrogen) atoms. The lowest BCUT2D eigenvalue weighted by atomic mass is 10.2. The van der Waals surface area contributed by atoms with Crippen LogP contribution in [0.3, 0.4) is 0 Å². The number of likely N-dealkylation sites (N-methyl/N-ethyl adjacent to an activating group) is 1. The highest BCUT2D eigenvalue weighted by Crippen LogP contribution is 2.27. The van der Waals surface area contributed by atoms with E-state index in [1.165, 1.54) is 7.11 Å². The Kier molecular flexibility index (Phi) is 7.21. The van der Waals surface area contributed by atoms with E-state index in [2.05, 4.69) is 10.6 Å². The van der Waals surface area contributed by atoms with Gasteiger partial charge in [0.2, 0.25) is 0 Å². The summed E-state index contributed by atoms with van der Waals surface area (Å²) in [4.78, 5) is 25.5. The summed E-state index contributed by atoms with van der Waals surface area (Å²) < 4.78 is 5.24. The van der Waals surface area contributed by atoms with Crippen molar-refractivity contribution in [1.82, 2.24) is 0 Å². The summed E-state index contributed by atoms with van der Waals surface area (Å²) in [6.07, 6.45) is 0. The molecule has 0 saturated carbocycles. The zero-order valence-corrected chi connectivity index (χ0v) is 16.7. The molecule has 2 rings (SSSR count). The highest BCUT2D eigenvalue weighted by molar-refractivity contribution is 6.31. The van der Waals surface area contributed by atoms with Gasteiger partial charge in [-0.2, -0.15) is 0 Å². The topological polar surface area (TPSA) is 71.9 Å². The molecule has 0 spiro atoms. The fraction of sp³-hybridized carbons (Fsp3) is 0.300. The van der Waals surface area contributed by atoms with Crippen LogP contribution in [0.1, 0.15) is 12.5 Å². The molecular weight excluding hydrogens is 366 g/mol. The molecule has 2 aromatic rings. The highest BCUT2D eigenvalue weighted by Gasteiger charge is 2.25. The van der Waals surface area contributed by atoms with Crippen molar-refractivity contribution in [2.45, 2.75) is 19.9 Å². The molecule has 0 aliphatic rings. The molecule has 0 aliphatic carbocycles. The number of aryl methyl sites for hydroxylation is 1. The maximum absolute atomic E-state index is 12.5. The minimum atomic E-state index is -0.447. The van der Waals surface area contributed by atoms with Gasteiger partial charge in [0.05, 0.1) is 19.8 Å². The van der Waals surface area contributed by atoms with E-state index in [-0.39, 0.29) is 18.4 Å². The molecule has 0 fully saturated rings. The van der Waals surface area contributed by atoms with E-state index in [1.807, 2.05) is 31.2 Å². The molecule has 0 radical (unpaired) electrons.